The summed E-state index contributed by atoms with van der Waals surface area (Å²) < 4.78 is 67.9. The number of carbonyl (C=O) groups excluding carboxylic acids is 4. The Balaban J connectivity index is 0.000000933. The van der Waals surface area contributed by atoms with Crippen LogP contribution in [-0.2, 0) is 95.2 Å². The highest BCUT2D eigenvalue weighted by molar-refractivity contribution is 5.74. The highest BCUT2D eigenvalue weighted by atomic mass is 16.7. The lowest BCUT2D eigenvalue weighted by Crippen LogP contribution is -2.58. The Morgan fingerprint density at radius 1 is 0.193 bits per heavy atom. The van der Waals surface area contributed by atoms with E-state index < -0.39 is 219 Å². The fourth-order valence-corrected chi connectivity index (χ4v) is 17.2. The average molecular weight is 2020 g/mol. The molecule has 4 aliphatic rings. The fourth-order valence-electron chi connectivity index (χ4n) is 17.2. The minimum absolute atomic E-state index is 0.112. The van der Waals surface area contributed by atoms with Gasteiger partial charge in [-0.3, -0.25) is 38.4 Å². The number of aliphatic carboxylic acids is 4. The molecule has 824 valence electrons. The third-order valence-electron chi connectivity index (χ3n) is 26.0. The molecule has 0 aromatic heterocycles. The molecule has 0 aromatic rings. The van der Waals surface area contributed by atoms with E-state index in [1.165, 1.54) is 0 Å². The molecule has 4 fully saturated rings. The van der Waals surface area contributed by atoms with Crippen molar-refractivity contribution in [1.29, 1.82) is 0 Å². The summed E-state index contributed by atoms with van der Waals surface area (Å²) in [6.07, 6.45) is 13.7. The topological polar surface area (TPSA) is 571 Å². The molecule has 0 aliphatic carbocycles. The molecule has 0 radical (unpaired) electrons. The first-order valence-corrected chi connectivity index (χ1v) is 53.8. The van der Waals surface area contributed by atoms with Crippen LogP contribution in [-0.4, -0.2) is 301 Å². The van der Waals surface area contributed by atoms with Crippen molar-refractivity contribution in [3.8, 4) is 0 Å². The Labute approximate surface area is 835 Å². The van der Waals surface area contributed by atoms with E-state index in [0.29, 0.717) is 51.4 Å². The van der Waals surface area contributed by atoms with E-state index in [4.69, 9.17) is 56.8 Å². The molecule has 4 heterocycles. The number of carboxylic acid groups (broad SMARTS) is 4. The highest BCUT2D eigenvalue weighted by Crippen LogP contribution is 2.33. The number of ether oxygens (including phenoxy) is 12. The van der Waals surface area contributed by atoms with Gasteiger partial charge in [-0.05, 0) is 105 Å². The number of hydrogen-bond acceptors (Lipinski definition) is 32. The van der Waals surface area contributed by atoms with Crippen molar-refractivity contribution >= 4 is 47.8 Å². The molecule has 140 heavy (non-hydrogen) atoms. The lowest BCUT2D eigenvalue weighted by molar-refractivity contribution is -0.304. The van der Waals surface area contributed by atoms with Gasteiger partial charge in [0.2, 0.25) is 0 Å². The third kappa shape index (κ3) is 60.9. The van der Waals surface area contributed by atoms with Crippen LogP contribution < -0.4 is 0 Å². The zero-order chi connectivity index (χ0) is 105. The van der Waals surface area contributed by atoms with Crippen LogP contribution in [0.25, 0.3) is 0 Å². The summed E-state index contributed by atoms with van der Waals surface area (Å²) in [4.78, 5) is 96.0. The van der Waals surface area contributed by atoms with Gasteiger partial charge < -0.3 is 139 Å². The van der Waals surface area contributed by atoms with E-state index in [1.54, 1.807) is 27.7 Å². The second kappa shape index (κ2) is 81.0. The fraction of sp³-hybridized carbons (Fsp3) is 0.923. The Morgan fingerprint density at radius 3 is 0.464 bits per heavy atom. The van der Waals surface area contributed by atoms with Gasteiger partial charge in [0, 0.05) is 0 Å². The Bertz CT molecular complexity index is 2740. The Kier molecular flexibility index (Phi) is 77.0. The first kappa shape index (κ1) is 133. The van der Waals surface area contributed by atoms with Crippen LogP contribution in [0.5, 0.6) is 0 Å². The monoisotopic (exact) mass is 2020 g/mol. The van der Waals surface area contributed by atoms with Crippen molar-refractivity contribution < 1.29 is 177 Å². The maximum atomic E-state index is 12.7. The summed E-state index contributed by atoms with van der Waals surface area (Å²) in [5.41, 5.74) is 0. The summed E-state index contributed by atoms with van der Waals surface area (Å²) in [6, 6.07) is 0. The van der Waals surface area contributed by atoms with E-state index in [0.717, 1.165) is 257 Å². The second-order valence-corrected chi connectivity index (χ2v) is 39.0. The van der Waals surface area contributed by atoms with E-state index in [1.807, 2.05) is 0 Å². The molecule has 0 saturated carbocycles. The van der Waals surface area contributed by atoms with Gasteiger partial charge in [-0.15, -0.1) is 0 Å². The van der Waals surface area contributed by atoms with Crippen LogP contribution in [0.4, 0.5) is 0 Å². The summed E-state index contributed by atoms with van der Waals surface area (Å²) in [7, 11) is 0. The predicted octanol–water partition coefficient (Wildman–Crippen LogP) is 14.8. The number of carboxylic acids is 4. The molecule has 0 aromatic carbocycles. The number of unbranched alkanes of at least 4 members (excludes halogenated alkanes) is 32. The Morgan fingerprint density at radius 2 is 0.329 bits per heavy atom. The molecular formula is C104H192O36. The van der Waals surface area contributed by atoms with Crippen LogP contribution in [0.2, 0.25) is 0 Å². The first-order valence-electron chi connectivity index (χ1n) is 53.8. The summed E-state index contributed by atoms with van der Waals surface area (Å²) in [5, 5.41) is 158. The number of rotatable bonds is 76. The highest BCUT2D eigenvalue weighted by Gasteiger charge is 2.48. The molecule has 4 saturated heterocycles. The van der Waals surface area contributed by atoms with Crippen molar-refractivity contribution in [2.45, 2.75) is 614 Å². The van der Waals surface area contributed by atoms with Crippen molar-refractivity contribution in [1.82, 2.24) is 0 Å². The largest absolute Gasteiger partial charge is 0.481 e. The SMILES string of the molecule is CCCCCCCC(CC(=O)O)OC(=O)CC(CCCCCCC)O[C@@H]1OC(C)[C@H](O)[C@H](O)C1O.CCCCCCC[C@@H](CC(=O)O)OC(=O)C[C@@H](CCCCCCC)O[C@@H]1OC(C)[C@H](O)[C@H](O)C1O.CCCCCCC[C@@H](CC(=O)O)OC(=O)C[C@H](CCCCCCC)O[C@@H]1OC(C)[C@H](O)[C@H](O)C1O.CCCCCCC[C@H](CC(=O)O)OC(=O)C[C@H](CCCCCCC)O[C@@H]1OC(C)[C@H](O)[C@H](O)C1O. The van der Waals surface area contributed by atoms with Gasteiger partial charge in [0.15, 0.2) is 25.2 Å². The van der Waals surface area contributed by atoms with E-state index in [-0.39, 0.29) is 51.4 Å². The molecule has 4 aliphatic heterocycles. The van der Waals surface area contributed by atoms with Gasteiger partial charge in [-0.1, -0.05) is 287 Å². The summed E-state index contributed by atoms with van der Waals surface area (Å²) >= 11 is 0. The van der Waals surface area contributed by atoms with Crippen LogP contribution in [0.15, 0.2) is 0 Å². The van der Waals surface area contributed by atoms with E-state index in [9.17, 15) is 120 Å². The minimum atomic E-state index is -1.46. The zero-order valence-corrected chi connectivity index (χ0v) is 87.1. The first-order chi connectivity index (χ1) is 66.8. The number of aliphatic hydroxyl groups is 12. The third-order valence-corrected chi connectivity index (χ3v) is 26.0. The maximum absolute atomic E-state index is 12.7. The molecule has 36 nitrogen and oxygen atoms in total. The number of aliphatic hydroxyl groups excluding tert-OH is 12. The molecular weight excluding hydrogens is 1830 g/mol. The zero-order valence-electron chi connectivity index (χ0n) is 87.1. The number of esters is 4. The quantitative estimate of drug-likeness (QED) is 0.0153. The van der Waals surface area contributed by atoms with Gasteiger partial charge in [0.05, 0.1) is 100 Å². The molecule has 0 bridgehead atoms. The van der Waals surface area contributed by atoms with Gasteiger partial charge in [0.1, 0.15) is 97.7 Å². The number of carbonyl (C=O) groups is 8. The van der Waals surface area contributed by atoms with E-state index >= 15 is 0 Å². The van der Waals surface area contributed by atoms with Gasteiger partial charge in [-0.25, -0.2) is 0 Å². The molecule has 0 spiro atoms. The van der Waals surface area contributed by atoms with Crippen LogP contribution in [0, 0.1) is 0 Å². The predicted molar refractivity (Wildman–Crippen MR) is 523 cm³/mol. The van der Waals surface area contributed by atoms with Crippen molar-refractivity contribution in [2.24, 2.45) is 0 Å². The molecule has 28 atom stereocenters. The van der Waals surface area contributed by atoms with Crippen LogP contribution in [0.1, 0.15) is 443 Å². The Hall–Kier alpha value is -5.04. The number of hydrogen-bond donors (Lipinski definition) is 16. The summed E-state index contributed by atoms with van der Waals surface area (Å²) in [5.74, 6) is -6.27. The van der Waals surface area contributed by atoms with Crippen LogP contribution in [0.3, 0.4) is 0 Å². The second-order valence-electron chi connectivity index (χ2n) is 39.0. The smallest absolute Gasteiger partial charge is 0.308 e. The van der Waals surface area contributed by atoms with Gasteiger partial charge in [0.25, 0.3) is 0 Å². The summed E-state index contributed by atoms with van der Waals surface area (Å²) in [6.45, 7) is 23.3. The van der Waals surface area contributed by atoms with Gasteiger partial charge >= 0.3 is 47.8 Å². The molecule has 16 N–H and O–H groups in total. The molecule has 36 heteroatoms. The standard InChI is InChI=1S/4C26H48O9/c4*1-4-6-8-10-12-14-19(16-21(27)28)34-22(29)17-20(15-13-11-9-7-5-2)35-26-25(32)24(31)23(30)18(3)33-26/h4*18-20,23-26,30-32H,4-17H2,1-3H3,(H,27,28)/t18?,19?,20?,23-,24-,25?,26-;18?,19-,20+,23+,24+,25?,26+;18?,19-,20+,23-,24-,25?,26-;18?,19-,20-,23-,24-,25?,26-/m0100/s1. The minimum Gasteiger partial charge on any atom is -0.481 e. The molecule has 4 rings (SSSR count). The lowest BCUT2D eigenvalue weighted by Gasteiger charge is -2.40. The van der Waals surface area contributed by atoms with E-state index in [2.05, 4.69) is 55.4 Å². The molecule has 10 unspecified atom stereocenters. The normalized spacial score (nSPS) is 26.3. The van der Waals surface area contributed by atoms with Crippen molar-refractivity contribution in [2.75, 3.05) is 0 Å². The van der Waals surface area contributed by atoms with Crippen LogP contribution >= 0.6 is 0 Å². The van der Waals surface area contributed by atoms with Crippen molar-refractivity contribution in [3.05, 3.63) is 0 Å². The van der Waals surface area contributed by atoms with Crippen molar-refractivity contribution in [3.63, 3.8) is 0 Å². The lowest BCUT2D eigenvalue weighted by atomic mass is 9.99. The molecule has 0 amide bonds. The maximum Gasteiger partial charge on any atom is 0.308 e. The van der Waals surface area contributed by atoms with Gasteiger partial charge in [-0.2, -0.15) is 0 Å². The average Bonchev–Trinajstić information content (AvgIpc) is 0.832.